The average Bonchev–Trinajstić information content (AvgIpc) is 3.00. The van der Waals surface area contributed by atoms with Crippen molar-refractivity contribution < 1.29 is 0 Å². The van der Waals surface area contributed by atoms with Crippen molar-refractivity contribution in [3.05, 3.63) is 26.9 Å². The van der Waals surface area contributed by atoms with Gasteiger partial charge in [0.15, 0.2) is 5.15 Å². The smallest absolute Gasteiger partial charge is 0.273 e. The van der Waals surface area contributed by atoms with Gasteiger partial charge in [-0.05, 0) is 12.8 Å². The van der Waals surface area contributed by atoms with Crippen LogP contribution < -0.4 is 5.56 Å². The van der Waals surface area contributed by atoms with Crippen molar-refractivity contribution in [1.29, 1.82) is 5.26 Å². The highest BCUT2D eigenvalue weighted by atomic mass is 35.5. The van der Waals surface area contributed by atoms with Gasteiger partial charge in [0.25, 0.3) is 5.56 Å². The zero-order valence-corrected chi connectivity index (χ0v) is 9.22. The number of nitrogens with zero attached hydrogens (tertiary/aromatic N) is 3. The lowest BCUT2D eigenvalue weighted by Gasteiger charge is -2.08. The van der Waals surface area contributed by atoms with E-state index < -0.39 is 11.0 Å². The summed E-state index contributed by atoms with van der Waals surface area (Å²) in [7, 11) is 0. The van der Waals surface area contributed by atoms with Gasteiger partial charge in [-0.25, -0.2) is 4.98 Å². The first-order valence-electron chi connectivity index (χ1n) is 4.40. The monoisotopic (exact) mass is 243 g/mol. The molecule has 2 rings (SSSR count). The first-order chi connectivity index (χ1) is 7.08. The molecule has 1 aliphatic carbocycles. The van der Waals surface area contributed by atoms with E-state index in [1.165, 1.54) is 10.9 Å². The standard InChI is InChI=1S/C9H7Cl2N3O/c10-6-7(11)13-5-14(8(6)15)4-9(3-12)1-2-9/h5H,1-2,4H2. The number of aromatic nitrogens is 2. The van der Waals surface area contributed by atoms with Gasteiger partial charge in [-0.15, -0.1) is 0 Å². The van der Waals surface area contributed by atoms with Crippen molar-refractivity contribution in [3.8, 4) is 6.07 Å². The molecule has 1 aliphatic rings. The number of hydrogen-bond acceptors (Lipinski definition) is 3. The van der Waals surface area contributed by atoms with E-state index in [-0.39, 0.29) is 10.2 Å². The Morgan fingerprint density at radius 1 is 1.60 bits per heavy atom. The molecule has 0 radical (unpaired) electrons. The predicted octanol–water partition coefficient (Wildman–Crippen LogP) is 1.85. The molecule has 0 aromatic carbocycles. The van der Waals surface area contributed by atoms with Gasteiger partial charge in [-0.1, -0.05) is 23.2 Å². The van der Waals surface area contributed by atoms with Crippen molar-refractivity contribution >= 4 is 23.2 Å². The van der Waals surface area contributed by atoms with Gasteiger partial charge in [0.05, 0.1) is 17.8 Å². The van der Waals surface area contributed by atoms with Crippen molar-refractivity contribution in [3.63, 3.8) is 0 Å². The summed E-state index contributed by atoms with van der Waals surface area (Å²) in [5, 5.41) is 8.80. The molecule has 0 saturated heterocycles. The normalized spacial score (nSPS) is 17.1. The SMILES string of the molecule is N#CC1(Cn2cnc(Cl)c(Cl)c2=O)CC1. The van der Waals surface area contributed by atoms with E-state index in [0.717, 1.165) is 12.8 Å². The fraction of sp³-hybridized carbons (Fsp3) is 0.444. The molecule has 1 fully saturated rings. The average molecular weight is 244 g/mol. The van der Waals surface area contributed by atoms with E-state index in [1.807, 2.05) is 0 Å². The van der Waals surface area contributed by atoms with E-state index in [9.17, 15) is 4.79 Å². The second-order valence-corrected chi connectivity index (χ2v) is 4.41. The molecule has 4 nitrogen and oxygen atoms in total. The molecule has 0 unspecified atom stereocenters. The van der Waals surface area contributed by atoms with Gasteiger partial charge in [-0.2, -0.15) is 5.26 Å². The number of nitriles is 1. The van der Waals surface area contributed by atoms with Gasteiger partial charge < -0.3 is 0 Å². The lowest BCUT2D eigenvalue weighted by atomic mass is 10.1. The van der Waals surface area contributed by atoms with Gasteiger partial charge in [0, 0.05) is 6.54 Å². The molecule has 1 aromatic rings. The maximum atomic E-state index is 11.6. The molecule has 1 aromatic heterocycles. The third-order valence-electron chi connectivity index (χ3n) is 2.50. The molecule has 0 atom stereocenters. The maximum Gasteiger partial charge on any atom is 0.273 e. The fourth-order valence-corrected chi connectivity index (χ4v) is 1.62. The van der Waals surface area contributed by atoms with E-state index in [0.29, 0.717) is 6.54 Å². The molecular formula is C9H7Cl2N3O. The zero-order valence-electron chi connectivity index (χ0n) is 7.70. The van der Waals surface area contributed by atoms with Crippen LogP contribution in [0.2, 0.25) is 10.2 Å². The molecule has 1 heterocycles. The highest BCUT2D eigenvalue weighted by molar-refractivity contribution is 6.40. The summed E-state index contributed by atoms with van der Waals surface area (Å²) in [6.45, 7) is 0.340. The molecule has 15 heavy (non-hydrogen) atoms. The van der Waals surface area contributed by atoms with Gasteiger partial charge in [-0.3, -0.25) is 9.36 Å². The third kappa shape index (κ3) is 1.85. The molecule has 6 heteroatoms. The highest BCUT2D eigenvalue weighted by Gasteiger charge is 2.43. The quantitative estimate of drug-likeness (QED) is 0.746. The Labute approximate surface area is 96.1 Å². The fourth-order valence-electron chi connectivity index (χ4n) is 1.34. The minimum absolute atomic E-state index is 0.000258. The van der Waals surface area contributed by atoms with Crippen molar-refractivity contribution in [1.82, 2.24) is 9.55 Å². The lowest BCUT2D eigenvalue weighted by Crippen LogP contribution is -2.25. The summed E-state index contributed by atoms with van der Waals surface area (Å²) in [5.74, 6) is 0. The van der Waals surface area contributed by atoms with Crippen LogP contribution in [0.15, 0.2) is 11.1 Å². The summed E-state index contributed by atoms with van der Waals surface area (Å²) in [6, 6.07) is 2.20. The van der Waals surface area contributed by atoms with Crippen molar-refractivity contribution in [2.75, 3.05) is 0 Å². The van der Waals surface area contributed by atoms with Crippen LogP contribution >= 0.6 is 23.2 Å². The highest BCUT2D eigenvalue weighted by Crippen LogP contribution is 2.46. The summed E-state index contributed by atoms with van der Waals surface area (Å²) < 4.78 is 1.34. The van der Waals surface area contributed by atoms with E-state index >= 15 is 0 Å². The Hall–Kier alpha value is -1.05. The van der Waals surface area contributed by atoms with Crippen LogP contribution in [0.1, 0.15) is 12.8 Å². The number of hydrogen-bond donors (Lipinski definition) is 0. The zero-order chi connectivity index (χ0) is 11.1. The van der Waals surface area contributed by atoms with Crippen LogP contribution in [0.4, 0.5) is 0 Å². The molecule has 0 N–H and O–H groups in total. The number of rotatable bonds is 2. The number of halogens is 2. The Kier molecular flexibility index (Phi) is 2.45. The lowest BCUT2D eigenvalue weighted by molar-refractivity contribution is 0.509. The van der Waals surface area contributed by atoms with Crippen LogP contribution in [0.25, 0.3) is 0 Å². The van der Waals surface area contributed by atoms with Crippen LogP contribution in [0.3, 0.4) is 0 Å². The van der Waals surface area contributed by atoms with E-state index in [4.69, 9.17) is 28.5 Å². The maximum absolute atomic E-state index is 11.6. The molecule has 0 aliphatic heterocycles. The van der Waals surface area contributed by atoms with E-state index in [1.54, 1.807) is 0 Å². The van der Waals surface area contributed by atoms with Crippen LogP contribution in [0, 0.1) is 16.7 Å². The van der Waals surface area contributed by atoms with E-state index in [2.05, 4.69) is 11.1 Å². The van der Waals surface area contributed by atoms with Crippen LogP contribution in [-0.2, 0) is 6.54 Å². The van der Waals surface area contributed by atoms with Crippen molar-refractivity contribution in [2.24, 2.45) is 5.41 Å². The van der Waals surface area contributed by atoms with Gasteiger partial charge >= 0.3 is 0 Å². The van der Waals surface area contributed by atoms with Gasteiger partial charge in [0.2, 0.25) is 0 Å². The Bertz CT molecular complexity index is 499. The molecule has 0 bridgehead atoms. The second kappa shape index (κ2) is 3.51. The summed E-state index contributed by atoms with van der Waals surface area (Å²) in [4.78, 5) is 15.4. The summed E-state index contributed by atoms with van der Waals surface area (Å²) in [6.07, 6.45) is 2.96. The Morgan fingerprint density at radius 2 is 2.27 bits per heavy atom. The molecular weight excluding hydrogens is 237 g/mol. The minimum atomic E-state index is -0.400. The molecule has 0 spiro atoms. The Morgan fingerprint density at radius 3 is 2.80 bits per heavy atom. The minimum Gasteiger partial charge on any atom is -0.296 e. The van der Waals surface area contributed by atoms with Crippen molar-refractivity contribution in [2.45, 2.75) is 19.4 Å². The first kappa shape index (κ1) is 10.5. The largest absolute Gasteiger partial charge is 0.296 e. The molecule has 0 amide bonds. The summed E-state index contributed by atoms with van der Waals surface area (Å²) in [5.41, 5.74) is -0.791. The van der Waals surface area contributed by atoms with Gasteiger partial charge in [0.1, 0.15) is 5.02 Å². The third-order valence-corrected chi connectivity index (χ3v) is 3.23. The van der Waals surface area contributed by atoms with Crippen LogP contribution in [-0.4, -0.2) is 9.55 Å². The first-order valence-corrected chi connectivity index (χ1v) is 5.15. The Balaban J connectivity index is 2.35. The summed E-state index contributed by atoms with van der Waals surface area (Å²) >= 11 is 11.2. The topological polar surface area (TPSA) is 58.7 Å². The van der Waals surface area contributed by atoms with Crippen LogP contribution in [0.5, 0.6) is 0 Å². The molecule has 1 saturated carbocycles. The predicted molar refractivity (Wildman–Crippen MR) is 55.8 cm³/mol. The molecule has 78 valence electrons. The second-order valence-electron chi connectivity index (χ2n) is 3.67.